The normalized spacial score (nSPS) is 11.7. The molecule has 1 unspecified atom stereocenters. The van der Waals surface area contributed by atoms with Gasteiger partial charge in [-0.05, 0) is 43.7 Å². The maximum absolute atomic E-state index is 11.9. The van der Waals surface area contributed by atoms with Crippen LogP contribution in [0.15, 0.2) is 48.5 Å². The molecular weight excluding hydrogens is 254 g/mol. The van der Waals surface area contributed by atoms with Gasteiger partial charge in [-0.15, -0.1) is 0 Å². The molecule has 0 aliphatic rings. The molecule has 0 saturated carbocycles. The molecule has 2 N–H and O–H groups in total. The third-order valence-corrected chi connectivity index (χ3v) is 2.71. The smallest absolute Gasteiger partial charge is 0.352 e. The molecule has 2 rings (SSSR count). The van der Waals surface area contributed by atoms with Crippen LogP contribution in [-0.2, 0) is 4.79 Å². The van der Waals surface area contributed by atoms with Gasteiger partial charge in [0.1, 0.15) is 11.5 Å². The van der Waals surface area contributed by atoms with Crippen LogP contribution in [0.4, 0.5) is 5.69 Å². The van der Waals surface area contributed by atoms with Gasteiger partial charge in [0.15, 0.2) is 6.10 Å². The third kappa shape index (κ3) is 3.75. The Kier molecular flexibility index (Phi) is 4.25. The summed E-state index contributed by atoms with van der Waals surface area (Å²) in [7, 11) is 0. The molecule has 0 aliphatic carbocycles. The Morgan fingerprint density at radius 3 is 2.50 bits per heavy atom. The van der Waals surface area contributed by atoms with Gasteiger partial charge in [0.25, 0.3) is 0 Å². The van der Waals surface area contributed by atoms with E-state index in [1.807, 2.05) is 19.1 Å². The van der Waals surface area contributed by atoms with Gasteiger partial charge in [-0.3, -0.25) is 0 Å². The number of aryl methyl sites for hydroxylation is 1. The molecule has 4 nitrogen and oxygen atoms in total. The summed E-state index contributed by atoms with van der Waals surface area (Å²) >= 11 is 0. The van der Waals surface area contributed by atoms with Crippen molar-refractivity contribution in [2.75, 3.05) is 5.73 Å². The number of hydrogen-bond donors (Lipinski definition) is 1. The molecular formula is C16H17NO3. The van der Waals surface area contributed by atoms with Crippen LogP contribution in [0.25, 0.3) is 0 Å². The predicted molar refractivity (Wildman–Crippen MR) is 77.8 cm³/mol. The lowest BCUT2D eigenvalue weighted by Crippen LogP contribution is -2.28. The Morgan fingerprint density at radius 1 is 1.10 bits per heavy atom. The van der Waals surface area contributed by atoms with E-state index in [-0.39, 0.29) is 0 Å². The zero-order chi connectivity index (χ0) is 14.5. The molecule has 0 saturated heterocycles. The van der Waals surface area contributed by atoms with Crippen molar-refractivity contribution in [2.24, 2.45) is 0 Å². The summed E-state index contributed by atoms with van der Waals surface area (Å²) < 4.78 is 10.8. The van der Waals surface area contributed by atoms with E-state index < -0.39 is 12.1 Å². The number of anilines is 1. The van der Waals surface area contributed by atoms with Gasteiger partial charge in [-0.1, -0.05) is 18.2 Å². The van der Waals surface area contributed by atoms with E-state index in [0.717, 1.165) is 5.56 Å². The van der Waals surface area contributed by atoms with Gasteiger partial charge in [0.2, 0.25) is 0 Å². The van der Waals surface area contributed by atoms with Gasteiger partial charge in [0.05, 0.1) is 0 Å². The average Bonchev–Trinajstić information content (AvgIpc) is 2.38. The Morgan fingerprint density at radius 2 is 1.80 bits per heavy atom. The van der Waals surface area contributed by atoms with Crippen molar-refractivity contribution in [1.29, 1.82) is 0 Å². The molecule has 0 fully saturated rings. The highest BCUT2D eigenvalue weighted by Gasteiger charge is 2.17. The van der Waals surface area contributed by atoms with Gasteiger partial charge in [-0.2, -0.15) is 0 Å². The van der Waals surface area contributed by atoms with Crippen LogP contribution < -0.4 is 15.2 Å². The van der Waals surface area contributed by atoms with Gasteiger partial charge < -0.3 is 15.2 Å². The van der Waals surface area contributed by atoms with Crippen molar-refractivity contribution in [3.8, 4) is 11.5 Å². The van der Waals surface area contributed by atoms with Gasteiger partial charge in [-0.25, -0.2) is 4.79 Å². The fourth-order valence-corrected chi connectivity index (χ4v) is 1.72. The highest BCUT2D eigenvalue weighted by Crippen LogP contribution is 2.18. The minimum atomic E-state index is -0.711. The van der Waals surface area contributed by atoms with Crippen molar-refractivity contribution >= 4 is 11.7 Å². The number of nitrogens with two attached hydrogens (primary N) is 1. The molecule has 0 aliphatic heterocycles. The van der Waals surface area contributed by atoms with E-state index >= 15 is 0 Å². The Labute approximate surface area is 118 Å². The second-order valence-electron chi connectivity index (χ2n) is 4.57. The highest BCUT2D eigenvalue weighted by atomic mass is 16.6. The van der Waals surface area contributed by atoms with Crippen molar-refractivity contribution < 1.29 is 14.3 Å². The van der Waals surface area contributed by atoms with E-state index in [1.54, 1.807) is 43.3 Å². The Balaban J connectivity index is 1.98. The summed E-state index contributed by atoms with van der Waals surface area (Å²) in [6, 6.07) is 14.2. The monoisotopic (exact) mass is 271 g/mol. The first-order chi connectivity index (χ1) is 9.54. The maximum atomic E-state index is 11.9. The van der Waals surface area contributed by atoms with E-state index in [1.165, 1.54) is 0 Å². The van der Waals surface area contributed by atoms with E-state index in [9.17, 15) is 4.79 Å². The lowest BCUT2D eigenvalue weighted by atomic mass is 10.2. The van der Waals surface area contributed by atoms with Crippen LogP contribution in [0.3, 0.4) is 0 Å². The molecule has 4 heteroatoms. The number of hydrogen-bond acceptors (Lipinski definition) is 4. The lowest BCUT2D eigenvalue weighted by Gasteiger charge is -2.14. The lowest BCUT2D eigenvalue weighted by molar-refractivity contribution is -0.141. The summed E-state index contributed by atoms with van der Waals surface area (Å²) in [5, 5.41) is 0. The number of carbonyl (C=O) groups is 1. The molecule has 0 spiro atoms. The van der Waals surface area contributed by atoms with Crippen molar-refractivity contribution in [1.82, 2.24) is 0 Å². The van der Waals surface area contributed by atoms with Crippen LogP contribution in [0.2, 0.25) is 0 Å². The summed E-state index contributed by atoms with van der Waals surface area (Å²) in [6.07, 6.45) is -0.711. The summed E-state index contributed by atoms with van der Waals surface area (Å²) in [5.74, 6) is 0.606. The molecule has 1 atom stereocenters. The molecule has 2 aromatic carbocycles. The minimum absolute atomic E-state index is 0.446. The molecule has 0 radical (unpaired) electrons. The summed E-state index contributed by atoms with van der Waals surface area (Å²) in [6.45, 7) is 3.57. The van der Waals surface area contributed by atoms with E-state index in [4.69, 9.17) is 15.2 Å². The average molecular weight is 271 g/mol. The molecule has 20 heavy (non-hydrogen) atoms. The van der Waals surface area contributed by atoms with Crippen LogP contribution >= 0.6 is 0 Å². The molecule has 0 amide bonds. The number of benzene rings is 2. The van der Waals surface area contributed by atoms with Crippen molar-refractivity contribution in [3.05, 3.63) is 54.1 Å². The standard InChI is InChI=1S/C16H17NO3/c1-11-5-3-7-14(9-11)20-16(18)12(2)19-15-8-4-6-13(17)10-15/h3-10,12H,17H2,1-2H3. The number of esters is 1. The van der Waals surface area contributed by atoms with E-state index in [2.05, 4.69) is 0 Å². The molecule has 0 heterocycles. The van der Waals surface area contributed by atoms with Gasteiger partial charge >= 0.3 is 5.97 Å². The quantitative estimate of drug-likeness (QED) is 0.527. The highest BCUT2D eigenvalue weighted by molar-refractivity contribution is 5.77. The summed E-state index contributed by atoms with van der Waals surface area (Å²) in [4.78, 5) is 11.9. The van der Waals surface area contributed by atoms with E-state index in [0.29, 0.717) is 17.2 Å². The number of carbonyl (C=O) groups excluding carboxylic acids is 1. The van der Waals surface area contributed by atoms with Crippen LogP contribution in [0, 0.1) is 6.92 Å². The molecule has 0 aromatic heterocycles. The molecule has 2 aromatic rings. The third-order valence-electron chi connectivity index (χ3n) is 2.71. The second kappa shape index (κ2) is 6.10. The van der Waals surface area contributed by atoms with Crippen molar-refractivity contribution in [3.63, 3.8) is 0 Å². The fourth-order valence-electron chi connectivity index (χ4n) is 1.72. The number of rotatable bonds is 4. The second-order valence-corrected chi connectivity index (χ2v) is 4.57. The van der Waals surface area contributed by atoms with Gasteiger partial charge in [0, 0.05) is 11.8 Å². The molecule has 104 valence electrons. The number of nitrogen functional groups attached to an aromatic ring is 1. The topological polar surface area (TPSA) is 61.5 Å². The van der Waals surface area contributed by atoms with Crippen molar-refractivity contribution in [2.45, 2.75) is 20.0 Å². The SMILES string of the molecule is Cc1cccc(OC(=O)C(C)Oc2cccc(N)c2)c1. The Hall–Kier alpha value is -2.49. The largest absolute Gasteiger partial charge is 0.479 e. The van der Waals surface area contributed by atoms with Crippen LogP contribution in [-0.4, -0.2) is 12.1 Å². The Bertz CT molecular complexity index is 610. The fraction of sp³-hybridized carbons (Fsp3) is 0.188. The minimum Gasteiger partial charge on any atom is -0.479 e. The first-order valence-corrected chi connectivity index (χ1v) is 6.35. The first-order valence-electron chi connectivity index (χ1n) is 6.35. The zero-order valence-electron chi connectivity index (χ0n) is 11.5. The van der Waals surface area contributed by atoms with Crippen LogP contribution in [0.5, 0.6) is 11.5 Å². The maximum Gasteiger partial charge on any atom is 0.352 e. The summed E-state index contributed by atoms with van der Waals surface area (Å²) in [5.41, 5.74) is 7.27. The first kappa shape index (κ1) is 13.9. The van der Waals surface area contributed by atoms with Crippen LogP contribution in [0.1, 0.15) is 12.5 Å². The molecule has 0 bridgehead atoms. The zero-order valence-corrected chi connectivity index (χ0v) is 11.5. The number of ether oxygens (including phenoxy) is 2. The predicted octanol–water partition coefficient (Wildman–Crippen LogP) is 2.95.